The van der Waals surface area contributed by atoms with Crippen LogP contribution in [0.2, 0.25) is 0 Å². The van der Waals surface area contributed by atoms with Crippen molar-refractivity contribution in [3.8, 4) is 0 Å². The van der Waals surface area contributed by atoms with Crippen LogP contribution in [0, 0.1) is 17.7 Å². The number of carbonyl (C=O) groups is 2. The van der Waals surface area contributed by atoms with E-state index in [4.69, 9.17) is 0 Å². The van der Waals surface area contributed by atoms with Gasteiger partial charge in [0.1, 0.15) is 5.82 Å². The van der Waals surface area contributed by atoms with Gasteiger partial charge in [-0.2, -0.15) is 5.10 Å². The quantitative estimate of drug-likeness (QED) is 0.869. The number of fused-ring (bicyclic) bond motifs is 1. The van der Waals surface area contributed by atoms with Crippen molar-refractivity contribution in [1.82, 2.24) is 19.6 Å². The van der Waals surface area contributed by atoms with Crippen molar-refractivity contribution in [2.75, 3.05) is 31.5 Å². The number of hydrogen-bond acceptors (Lipinski definition) is 4. The largest absolute Gasteiger partial charge is 0.335 e. The highest BCUT2D eigenvalue weighted by molar-refractivity contribution is 5.92. The molecule has 2 aromatic rings. The van der Waals surface area contributed by atoms with E-state index in [1.807, 2.05) is 11.0 Å². The number of halogens is 1. The van der Waals surface area contributed by atoms with Gasteiger partial charge in [0, 0.05) is 45.7 Å². The standard InChI is InChI=1S/C20H24FN5O2/c1-13(27)26-9-15-8-25(12-19(28)23-17-7-22-24(2)10-17)11-18(15)20(26)14-4-3-5-16(21)6-14/h3-7,10,15,18,20H,8-9,11-12H2,1-2H3,(H,23,28)/t15-,18-,20-/m1/s1. The lowest BCUT2D eigenvalue weighted by molar-refractivity contribution is -0.130. The van der Waals surface area contributed by atoms with Gasteiger partial charge in [-0.1, -0.05) is 12.1 Å². The van der Waals surface area contributed by atoms with E-state index in [0.717, 1.165) is 12.1 Å². The maximum atomic E-state index is 13.8. The van der Waals surface area contributed by atoms with E-state index < -0.39 is 0 Å². The molecule has 28 heavy (non-hydrogen) atoms. The molecule has 0 saturated carbocycles. The Hall–Kier alpha value is -2.74. The maximum Gasteiger partial charge on any atom is 0.238 e. The highest BCUT2D eigenvalue weighted by atomic mass is 19.1. The van der Waals surface area contributed by atoms with Gasteiger partial charge in [-0.25, -0.2) is 4.39 Å². The van der Waals surface area contributed by atoms with Crippen molar-refractivity contribution in [3.05, 3.63) is 48.0 Å². The number of nitrogens with one attached hydrogen (secondary N) is 1. The van der Waals surface area contributed by atoms with Crippen LogP contribution in [0.1, 0.15) is 18.5 Å². The highest BCUT2D eigenvalue weighted by Gasteiger charge is 2.48. The van der Waals surface area contributed by atoms with Crippen LogP contribution in [0.15, 0.2) is 36.7 Å². The van der Waals surface area contributed by atoms with Crippen LogP contribution in [0.5, 0.6) is 0 Å². The Kier molecular flexibility index (Phi) is 4.89. The minimum absolute atomic E-state index is 0.00420. The van der Waals surface area contributed by atoms with Gasteiger partial charge in [0.25, 0.3) is 0 Å². The van der Waals surface area contributed by atoms with E-state index >= 15 is 0 Å². The molecule has 4 rings (SSSR count). The summed E-state index contributed by atoms with van der Waals surface area (Å²) < 4.78 is 15.4. The first-order valence-corrected chi connectivity index (χ1v) is 9.44. The lowest BCUT2D eigenvalue weighted by atomic mass is 9.89. The number of benzene rings is 1. The lowest BCUT2D eigenvalue weighted by Crippen LogP contribution is -2.37. The SMILES string of the molecule is CC(=O)N1C[C@H]2CN(CC(=O)Nc3cnn(C)c3)C[C@H]2[C@H]1c1cccc(F)c1. The molecule has 3 heterocycles. The minimum atomic E-state index is -0.296. The van der Waals surface area contributed by atoms with Crippen LogP contribution in [0.3, 0.4) is 0 Å². The number of aryl methyl sites for hydroxylation is 1. The van der Waals surface area contributed by atoms with Crippen LogP contribution < -0.4 is 5.32 Å². The normalized spacial score (nSPS) is 24.4. The highest BCUT2D eigenvalue weighted by Crippen LogP contribution is 2.44. The van der Waals surface area contributed by atoms with Gasteiger partial charge < -0.3 is 10.2 Å². The topological polar surface area (TPSA) is 70.5 Å². The molecule has 2 aliphatic rings. The zero-order valence-electron chi connectivity index (χ0n) is 16.0. The van der Waals surface area contributed by atoms with Gasteiger partial charge in [0.15, 0.2) is 0 Å². The molecule has 0 bridgehead atoms. The predicted molar refractivity (Wildman–Crippen MR) is 102 cm³/mol. The zero-order valence-corrected chi connectivity index (χ0v) is 16.0. The molecule has 0 aliphatic carbocycles. The van der Waals surface area contributed by atoms with E-state index in [1.54, 1.807) is 37.1 Å². The predicted octanol–water partition coefficient (Wildman–Crippen LogP) is 1.65. The van der Waals surface area contributed by atoms with Crippen LogP contribution in [-0.2, 0) is 16.6 Å². The van der Waals surface area contributed by atoms with Gasteiger partial charge in [-0.3, -0.25) is 19.2 Å². The summed E-state index contributed by atoms with van der Waals surface area (Å²) in [4.78, 5) is 28.5. The molecule has 2 fully saturated rings. The molecule has 148 valence electrons. The third-order valence-corrected chi connectivity index (χ3v) is 5.69. The summed E-state index contributed by atoms with van der Waals surface area (Å²) in [7, 11) is 1.80. The van der Waals surface area contributed by atoms with Gasteiger partial charge in [0.2, 0.25) is 11.8 Å². The Bertz CT molecular complexity index is 898. The van der Waals surface area contributed by atoms with E-state index in [9.17, 15) is 14.0 Å². The summed E-state index contributed by atoms with van der Waals surface area (Å²) in [6.07, 6.45) is 3.36. The van der Waals surface area contributed by atoms with Crippen LogP contribution in [0.4, 0.5) is 10.1 Å². The second-order valence-corrected chi connectivity index (χ2v) is 7.74. The molecule has 1 aromatic heterocycles. The molecule has 8 heteroatoms. The number of anilines is 1. The second-order valence-electron chi connectivity index (χ2n) is 7.74. The van der Waals surface area contributed by atoms with Gasteiger partial charge >= 0.3 is 0 Å². The van der Waals surface area contributed by atoms with E-state index in [1.165, 1.54) is 12.1 Å². The van der Waals surface area contributed by atoms with E-state index in [2.05, 4.69) is 15.3 Å². The van der Waals surface area contributed by atoms with Crippen LogP contribution >= 0.6 is 0 Å². The van der Waals surface area contributed by atoms with Gasteiger partial charge in [-0.05, 0) is 23.6 Å². The molecule has 0 radical (unpaired) electrons. The number of likely N-dealkylation sites (tertiary alicyclic amines) is 2. The van der Waals surface area contributed by atoms with Crippen molar-refractivity contribution in [1.29, 1.82) is 0 Å². The maximum absolute atomic E-state index is 13.8. The first-order chi connectivity index (χ1) is 13.4. The fourth-order valence-corrected chi connectivity index (χ4v) is 4.60. The van der Waals surface area contributed by atoms with Crippen molar-refractivity contribution < 1.29 is 14.0 Å². The molecule has 7 nitrogen and oxygen atoms in total. The summed E-state index contributed by atoms with van der Waals surface area (Å²) in [6.45, 7) is 3.95. The van der Waals surface area contributed by atoms with Crippen molar-refractivity contribution >= 4 is 17.5 Å². The first-order valence-electron chi connectivity index (χ1n) is 9.44. The summed E-state index contributed by atoms with van der Waals surface area (Å²) in [5.41, 5.74) is 1.50. The lowest BCUT2D eigenvalue weighted by Gasteiger charge is -2.29. The molecule has 2 aliphatic heterocycles. The molecule has 0 unspecified atom stereocenters. The summed E-state index contributed by atoms with van der Waals surface area (Å²) in [6, 6.07) is 6.34. The molecular formula is C20H24FN5O2. The Labute approximate surface area is 163 Å². The molecule has 1 aromatic carbocycles. The van der Waals surface area contributed by atoms with E-state index in [0.29, 0.717) is 18.8 Å². The number of carbonyl (C=O) groups excluding carboxylic acids is 2. The van der Waals surface area contributed by atoms with Gasteiger partial charge in [-0.15, -0.1) is 0 Å². The molecule has 1 N–H and O–H groups in total. The fraction of sp³-hybridized carbons (Fsp3) is 0.450. The number of rotatable bonds is 4. The smallest absolute Gasteiger partial charge is 0.238 e. The van der Waals surface area contributed by atoms with Crippen LogP contribution in [0.25, 0.3) is 0 Å². The molecular weight excluding hydrogens is 361 g/mol. The zero-order chi connectivity index (χ0) is 19.8. The third kappa shape index (κ3) is 3.64. The molecule has 0 spiro atoms. The van der Waals surface area contributed by atoms with Gasteiger partial charge in [0.05, 0.1) is 24.5 Å². The van der Waals surface area contributed by atoms with E-state index in [-0.39, 0.29) is 42.1 Å². The number of hydrogen-bond donors (Lipinski definition) is 1. The second kappa shape index (κ2) is 7.35. The van der Waals surface area contributed by atoms with Crippen molar-refractivity contribution in [2.45, 2.75) is 13.0 Å². The monoisotopic (exact) mass is 385 g/mol. The molecule has 2 saturated heterocycles. The van der Waals surface area contributed by atoms with Crippen molar-refractivity contribution in [2.24, 2.45) is 18.9 Å². The Morgan fingerprint density at radius 2 is 2.11 bits per heavy atom. The first kappa shape index (κ1) is 18.6. The molecule has 3 atom stereocenters. The molecule has 2 amide bonds. The fourth-order valence-electron chi connectivity index (χ4n) is 4.60. The third-order valence-electron chi connectivity index (χ3n) is 5.69. The average Bonchev–Trinajstić information content (AvgIpc) is 3.28. The van der Waals surface area contributed by atoms with Crippen molar-refractivity contribution in [3.63, 3.8) is 0 Å². The Balaban J connectivity index is 1.45. The summed E-state index contributed by atoms with van der Waals surface area (Å²) >= 11 is 0. The Morgan fingerprint density at radius 1 is 1.29 bits per heavy atom. The number of nitrogens with zero attached hydrogens (tertiary/aromatic N) is 4. The summed E-state index contributed by atoms with van der Waals surface area (Å²) in [5, 5.41) is 6.90. The average molecular weight is 385 g/mol. The summed E-state index contributed by atoms with van der Waals surface area (Å²) in [5.74, 6) is 0.0960. The minimum Gasteiger partial charge on any atom is -0.335 e. The number of aromatic nitrogens is 2. The Morgan fingerprint density at radius 3 is 2.79 bits per heavy atom. The van der Waals surface area contributed by atoms with Crippen LogP contribution in [-0.4, -0.2) is 57.6 Å². The number of amides is 2.